The van der Waals surface area contributed by atoms with Crippen molar-refractivity contribution >= 4 is 0 Å². The molecule has 0 aliphatic rings. The van der Waals surface area contributed by atoms with Gasteiger partial charge in [0.05, 0.1) is 6.20 Å². The third-order valence-electron chi connectivity index (χ3n) is 4.86. The van der Waals surface area contributed by atoms with E-state index in [1.54, 1.807) is 6.20 Å². The lowest BCUT2D eigenvalue weighted by Gasteiger charge is -2.07. The second-order valence-corrected chi connectivity index (χ2v) is 6.87. The van der Waals surface area contributed by atoms with Crippen LogP contribution in [0.3, 0.4) is 0 Å². The lowest BCUT2D eigenvalue weighted by Crippen LogP contribution is -1.94. The van der Waals surface area contributed by atoms with Gasteiger partial charge in [-0.2, -0.15) is 0 Å². The normalized spacial score (nSPS) is 10.7. The van der Waals surface area contributed by atoms with Crippen molar-refractivity contribution in [2.24, 2.45) is 0 Å². The molecule has 0 aliphatic carbocycles. The number of aromatic nitrogens is 3. The van der Waals surface area contributed by atoms with E-state index in [4.69, 9.17) is 4.74 Å². The molecule has 2 aromatic carbocycles. The van der Waals surface area contributed by atoms with E-state index in [1.807, 2.05) is 59.6 Å². The molecular formula is C26H19N3O. The van der Waals surface area contributed by atoms with Crippen molar-refractivity contribution in [1.29, 1.82) is 0 Å². The maximum atomic E-state index is 5.79. The minimum Gasteiger partial charge on any atom is -0.437 e. The summed E-state index contributed by atoms with van der Waals surface area (Å²) in [6, 6.07) is 30.6. The van der Waals surface area contributed by atoms with E-state index in [0.29, 0.717) is 11.6 Å². The summed E-state index contributed by atoms with van der Waals surface area (Å²) in [5.41, 5.74) is 4.68. The molecule has 4 nitrogen and oxygen atoms in total. The fourth-order valence-corrected chi connectivity index (χ4v) is 3.33. The summed E-state index contributed by atoms with van der Waals surface area (Å²) in [4.78, 5) is 8.70. The molecule has 0 saturated heterocycles. The Balaban J connectivity index is 1.38. The Morgan fingerprint density at radius 1 is 0.600 bits per heavy atom. The highest BCUT2D eigenvalue weighted by atomic mass is 16.5. The van der Waals surface area contributed by atoms with Crippen molar-refractivity contribution in [3.8, 4) is 39.7 Å². The van der Waals surface area contributed by atoms with Crippen LogP contribution in [0.2, 0.25) is 0 Å². The zero-order chi connectivity index (χ0) is 20.2. The SMILES string of the molecule is c1ccc(-c2ccc(-c3ccnc(-n4ccc(Oc5ccccn5)c4)c3)cc2)cc1. The quantitative estimate of drug-likeness (QED) is 0.349. The van der Waals surface area contributed by atoms with Crippen LogP contribution in [-0.2, 0) is 0 Å². The van der Waals surface area contributed by atoms with Crippen LogP contribution < -0.4 is 4.74 Å². The highest BCUT2D eigenvalue weighted by Gasteiger charge is 2.06. The number of hydrogen-bond acceptors (Lipinski definition) is 3. The molecule has 0 unspecified atom stereocenters. The van der Waals surface area contributed by atoms with Gasteiger partial charge >= 0.3 is 0 Å². The molecule has 3 heterocycles. The van der Waals surface area contributed by atoms with Gasteiger partial charge in [-0.15, -0.1) is 0 Å². The molecule has 0 aliphatic heterocycles. The van der Waals surface area contributed by atoms with Crippen LogP contribution in [0, 0.1) is 0 Å². The van der Waals surface area contributed by atoms with Crippen LogP contribution in [0.1, 0.15) is 0 Å². The molecule has 0 saturated carbocycles. The fourth-order valence-electron chi connectivity index (χ4n) is 3.33. The van der Waals surface area contributed by atoms with Crippen LogP contribution in [0.4, 0.5) is 0 Å². The molecule has 0 spiro atoms. The van der Waals surface area contributed by atoms with Gasteiger partial charge in [0.2, 0.25) is 5.88 Å². The Kier molecular flexibility index (Phi) is 4.80. The number of nitrogens with zero attached hydrogens (tertiary/aromatic N) is 3. The predicted molar refractivity (Wildman–Crippen MR) is 119 cm³/mol. The summed E-state index contributed by atoms with van der Waals surface area (Å²) in [6.07, 6.45) is 7.37. The van der Waals surface area contributed by atoms with Gasteiger partial charge in [-0.3, -0.25) is 0 Å². The minimum absolute atomic E-state index is 0.565. The first kappa shape index (κ1) is 17.9. The average molecular weight is 389 g/mol. The number of pyridine rings is 2. The molecule has 0 bridgehead atoms. The van der Waals surface area contributed by atoms with Crippen molar-refractivity contribution in [3.05, 3.63) is 116 Å². The van der Waals surface area contributed by atoms with Crippen molar-refractivity contribution in [3.63, 3.8) is 0 Å². The van der Waals surface area contributed by atoms with E-state index in [9.17, 15) is 0 Å². The van der Waals surface area contributed by atoms with E-state index in [0.717, 1.165) is 16.9 Å². The van der Waals surface area contributed by atoms with E-state index >= 15 is 0 Å². The minimum atomic E-state index is 0.565. The lowest BCUT2D eigenvalue weighted by molar-refractivity contribution is 0.463. The molecular weight excluding hydrogens is 370 g/mol. The van der Waals surface area contributed by atoms with Gasteiger partial charge in [0.15, 0.2) is 0 Å². The third kappa shape index (κ3) is 3.84. The number of benzene rings is 2. The number of hydrogen-bond donors (Lipinski definition) is 0. The van der Waals surface area contributed by atoms with E-state index in [2.05, 4.69) is 64.6 Å². The molecule has 5 aromatic rings. The highest BCUT2D eigenvalue weighted by molar-refractivity contribution is 5.70. The molecule has 3 aromatic heterocycles. The average Bonchev–Trinajstić information content (AvgIpc) is 3.29. The lowest BCUT2D eigenvalue weighted by atomic mass is 10.0. The molecule has 0 atom stereocenters. The van der Waals surface area contributed by atoms with Gasteiger partial charge in [0.25, 0.3) is 0 Å². The summed E-state index contributed by atoms with van der Waals surface area (Å²) in [5, 5.41) is 0. The first-order chi connectivity index (χ1) is 14.8. The van der Waals surface area contributed by atoms with Gasteiger partial charge in [-0.25, -0.2) is 9.97 Å². The molecule has 0 N–H and O–H groups in total. The molecule has 30 heavy (non-hydrogen) atoms. The standard InChI is InChI=1S/C26H19N3O/c1-2-6-20(7-3-1)21-9-11-22(12-10-21)23-13-16-27-25(18-23)29-17-14-24(19-29)30-26-8-4-5-15-28-26/h1-19H. The third-order valence-corrected chi connectivity index (χ3v) is 4.86. The van der Waals surface area contributed by atoms with Gasteiger partial charge in [-0.1, -0.05) is 60.7 Å². The maximum Gasteiger partial charge on any atom is 0.219 e. The number of rotatable bonds is 5. The Bertz CT molecular complexity index is 1250. The highest BCUT2D eigenvalue weighted by Crippen LogP contribution is 2.26. The van der Waals surface area contributed by atoms with Crippen molar-refractivity contribution < 1.29 is 4.74 Å². The van der Waals surface area contributed by atoms with Crippen LogP contribution in [0.5, 0.6) is 11.6 Å². The molecule has 144 valence electrons. The zero-order valence-electron chi connectivity index (χ0n) is 16.2. The van der Waals surface area contributed by atoms with Crippen molar-refractivity contribution in [1.82, 2.24) is 14.5 Å². The molecule has 0 fully saturated rings. The Morgan fingerprint density at radius 2 is 1.33 bits per heavy atom. The Labute approximate surface area is 175 Å². The smallest absolute Gasteiger partial charge is 0.219 e. The maximum absolute atomic E-state index is 5.79. The van der Waals surface area contributed by atoms with Crippen molar-refractivity contribution in [2.45, 2.75) is 0 Å². The van der Waals surface area contributed by atoms with Gasteiger partial charge in [0.1, 0.15) is 11.6 Å². The molecule has 4 heteroatoms. The molecule has 5 rings (SSSR count). The van der Waals surface area contributed by atoms with Crippen LogP contribution in [0.15, 0.2) is 116 Å². The summed E-state index contributed by atoms with van der Waals surface area (Å²) < 4.78 is 7.74. The van der Waals surface area contributed by atoms with E-state index in [-0.39, 0.29) is 0 Å². The first-order valence-corrected chi connectivity index (χ1v) is 9.74. The predicted octanol–water partition coefficient (Wildman–Crippen LogP) is 6.39. The monoisotopic (exact) mass is 389 g/mol. The largest absolute Gasteiger partial charge is 0.437 e. The van der Waals surface area contributed by atoms with Gasteiger partial charge in [0, 0.05) is 24.7 Å². The zero-order valence-corrected chi connectivity index (χ0v) is 16.2. The summed E-state index contributed by atoms with van der Waals surface area (Å²) >= 11 is 0. The molecule has 0 radical (unpaired) electrons. The molecule has 0 amide bonds. The van der Waals surface area contributed by atoms with Crippen molar-refractivity contribution in [2.75, 3.05) is 0 Å². The second-order valence-electron chi connectivity index (χ2n) is 6.87. The summed E-state index contributed by atoms with van der Waals surface area (Å²) in [5.74, 6) is 2.11. The summed E-state index contributed by atoms with van der Waals surface area (Å²) in [6.45, 7) is 0. The Morgan fingerprint density at radius 3 is 2.10 bits per heavy atom. The van der Waals surface area contributed by atoms with Crippen LogP contribution in [0.25, 0.3) is 28.1 Å². The first-order valence-electron chi connectivity index (χ1n) is 9.74. The van der Waals surface area contributed by atoms with Gasteiger partial charge < -0.3 is 9.30 Å². The van der Waals surface area contributed by atoms with Crippen LogP contribution >= 0.6 is 0 Å². The van der Waals surface area contributed by atoms with E-state index in [1.165, 1.54) is 11.1 Å². The topological polar surface area (TPSA) is 39.9 Å². The number of ether oxygens (including phenoxy) is 1. The fraction of sp³-hybridized carbons (Fsp3) is 0. The van der Waals surface area contributed by atoms with Crippen LogP contribution in [-0.4, -0.2) is 14.5 Å². The Hall–Kier alpha value is -4.18. The second kappa shape index (κ2) is 8.05. The van der Waals surface area contributed by atoms with E-state index < -0.39 is 0 Å². The van der Waals surface area contributed by atoms with Gasteiger partial charge in [-0.05, 0) is 46.5 Å². The summed E-state index contributed by atoms with van der Waals surface area (Å²) in [7, 11) is 0.